The Bertz CT molecular complexity index is 577. The summed E-state index contributed by atoms with van der Waals surface area (Å²) in [6.07, 6.45) is 0. The molecule has 2 heterocycles. The Labute approximate surface area is 133 Å². The summed E-state index contributed by atoms with van der Waals surface area (Å²) in [6, 6.07) is 1.37. The maximum absolute atomic E-state index is 12.6. The Morgan fingerprint density at radius 2 is 1.95 bits per heavy atom. The molecular weight excluding hydrogens is 360 g/mol. The minimum Gasteiger partial charge on any atom is -0.450 e. The Balaban J connectivity index is 2.09. The molecule has 0 radical (unpaired) electrons. The first-order chi connectivity index (χ1) is 9.84. The summed E-state index contributed by atoms with van der Waals surface area (Å²) in [5.41, 5.74) is 0. The number of furan rings is 1. The number of nitrogens with zero attached hydrogens (tertiary/aromatic N) is 2. The molecule has 2 rings (SSSR count). The smallest absolute Gasteiger partial charge is 0.247 e. The second kappa shape index (κ2) is 6.78. The van der Waals surface area contributed by atoms with Gasteiger partial charge in [-0.25, -0.2) is 8.42 Å². The molecule has 120 valence electrons. The van der Waals surface area contributed by atoms with E-state index >= 15 is 0 Å². The van der Waals surface area contributed by atoms with Crippen molar-refractivity contribution in [1.82, 2.24) is 9.21 Å². The van der Waals surface area contributed by atoms with Crippen LogP contribution >= 0.6 is 15.9 Å². The second-order valence-electron chi connectivity index (χ2n) is 5.61. The maximum Gasteiger partial charge on any atom is 0.247 e. The van der Waals surface area contributed by atoms with Crippen molar-refractivity contribution in [2.24, 2.45) is 5.92 Å². The zero-order valence-corrected chi connectivity index (χ0v) is 14.7. The summed E-state index contributed by atoms with van der Waals surface area (Å²) in [4.78, 5) is 2.36. The quantitative estimate of drug-likeness (QED) is 0.837. The molecular formula is C13H21BrN2O4S. The fraction of sp³-hybridized carbons (Fsp3) is 0.692. The van der Waals surface area contributed by atoms with Crippen LogP contribution in [0.5, 0.6) is 0 Å². The molecule has 1 N–H and O–H groups in total. The largest absolute Gasteiger partial charge is 0.450 e. The first-order valence-corrected chi connectivity index (χ1v) is 9.19. The van der Waals surface area contributed by atoms with Crippen molar-refractivity contribution in [3.63, 3.8) is 0 Å². The van der Waals surface area contributed by atoms with Crippen molar-refractivity contribution in [3.8, 4) is 0 Å². The van der Waals surface area contributed by atoms with Gasteiger partial charge in [0.15, 0.2) is 4.67 Å². The Kier molecular flexibility index (Phi) is 5.48. The highest BCUT2D eigenvalue weighted by Gasteiger charge is 2.32. The number of sulfonamides is 1. The standard InChI is InChI=1S/C13H21BrN2O4S/c1-10(2)8-15-3-5-16(6-4-15)21(18,19)12-7-11(9-17)20-13(12)14/h7,10,17H,3-6,8-9H2,1-2H3. The van der Waals surface area contributed by atoms with Gasteiger partial charge in [-0.2, -0.15) is 4.31 Å². The number of piperazine rings is 1. The van der Waals surface area contributed by atoms with Crippen LogP contribution in [0, 0.1) is 5.92 Å². The van der Waals surface area contributed by atoms with Crippen molar-refractivity contribution in [1.29, 1.82) is 0 Å². The first-order valence-electron chi connectivity index (χ1n) is 6.96. The molecule has 8 heteroatoms. The zero-order chi connectivity index (χ0) is 15.6. The van der Waals surface area contributed by atoms with Gasteiger partial charge in [-0.3, -0.25) is 0 Å². The van der Waals surface area contributed by atoms with Crippen LogP contribution in [-0.4, -0.2) is 55.5 Å². The minimum atomic E-state index is -3.58. The molecule has 1 saturated heterocycles. The van der Waals surface area contributed by atoms with Crippen LogP contribution in [0.2, 0.25) is 0 Å². The average molecular weight is 381 g/mol. The van der Waals surface area contributed by atoms with Gasteiger partial charge in [-0.15, -0.1) is 0 Å². The summed E-state index contributed by atoms with van der Waals surface area (Å²) < 4.78 is 32.0. The molecule has 0 aromatic carbocycles. The monoisotopic (exact) mass is 380 g/mol. The fourth-order valence-corrected chi connectivity index (χ4v) is 4.84. The van der Waals surface area contributed by atoms with Gasteiger partial charge in [-0.05, 0) is 21.8 Å². The van der Waals surface area contributed by atoms with Crippen LogP contribution in [0.1, 0.15) is 19.6 Å². The van der Waals surface area contributed by atoms with Gasteiger partial charge < -0.3 is 14.4 Å². The summed E-state index contributed by atoms with van der Waals surface area (Å²) in [6.45, 7) is 7.39. The van der Waals surface area contributed by atoms with E-state index in [1.165, 1.54) is 10.4 Å². The van der Waals surface area contributed by atoms with Crippen molar-refractivity contribution >= 4 is 26.0 Å². The van der Waals surface area contributed by atoms with Gasteiger partial charge in [-0.1, -0.05) is 13.8 Å². The van der Waals surface area contributed by atoms with Crippen LogP contribution in [-0.2, 0) is 16.6 Å². The molecule has 21 heavy (non-hydrogen) atoms. The molecule has 1 aliphatic rings. The average Bonchev–Trinajstić information content (AvgIpc) is 2.81. The highest BCUT2D eigenvalue weighted by molar-refractivity contribution is 9.10. The summed E-state index contributed by atoms with van der Waals surface area (Å²) >= 11 is 3.11. The van der Waals surface area contributed by atoms with Gasteiger partial charge >= 0.3 is 0 Å². The number of halogens is 1. The fourth-order valence-electron chi connectivity index (χ4n) is 2.46. The Morgan fingerprint density at radius 1 is 1.33 bits per heavy atom. The van der Waals surface area contributed by atoms with E-state index in [1.54, 1.807) is 0 Å². The zero-order valence-electron chi connectivity index (χ0n) is 12.2. The number of aliphatic hydroxyl groups is 1. The minimum absolute atomic E-state index is 0.0869. The van der Waals surface area contributed by atoms with Gasteiger partial charge in [0.1, 0.15) is 17.3 Å². The molecule has 0 aliphatic carbocycles. The predicted octanol–water partition coefficient (Wildman–Crippen LogP) is 1.50. The van der Waals surface area contributed by atoms with E-state index in [4.69, 9.17) is 9.52 Å². The van der Waals surface area contributed by atoms with Crippen LogP contribution in [0.4, 0.5) is 0 Å². The van der Waals surface area contributed by atoms with Crippen LogP contribution in [0.15, 0.2) is 20.0 Å². The topological polar surface area (TPSA) is 74.0 Å². The van der Waals surface area contributed by atoms with Crippen LogP contribution < -0.4 is 0 Å². The van der Waals surface area contributed by atoms with E-state index < -0.39 is 10.0 Å². The second-order valence-corrected chi connectivity index (χ2v) is 8.23. The molecule has 0 amide bonds. The molecule has 0 atom stereocenters. The predicted molar refractivity (Wildman–Crippen MR) is 82.4 cm³/mol. The van der Waals surface area contributed by atoms with E-state index in [0.29, 0.717) is 19.0 Å². The van der Waals surface area contributed by atoms with Crippen LogP contribution in [0.25, 0.3) is 0 Å². The van der Waals surface area contributed by atoms with E-state index in [9.17, 15) is 8.42 Å². The third-order valence-electron chi connectivity index (χ3n) is 3.43. The molecule has 6 nitrogen and oxygen atoms in total. The van der Waals surface area contributed by atoms with E-state index in [1.807, 2.05) is 0 Å². The maximum atomic E-state index is 12.6. The summed E-state index contributed by atoms with van der Waals surface area (Å²) in [5, 5.41) is 9.04. The molecule has 1 aromatic rings. The SMILES string of the molecule is CC(C)CN1CCN(S(=O)(=O)c2cc(CO)oc2Br)CC1. The van der Waals surface area contributed by atoms with Crippen molar-refractivity contribution < 1.29 is 17.9 Å². The summed E-state index contributed by atoms with van der Waals surface area (Å²) in [5.74, 6) is 0.808. The van der Waals surface area contributed by atoms with Crippen molar-refractivity contribution in [2.45, 2.75) is 25.3 Å². The number of aliphatic hydroxyl groups excluding tert-OH is 1. The Hall–Kier alpha value is -0.410. The molecule has 0 spiro atoms. The third-order valence-corrected chi connectivity index (χ3v) is 6.19. The lowest BCUT2D eigenvalue weighted by Crippen LogP contribution is -2.49. The molecule has 1 aliphatic heterocycles. The lowest BCUT2D eigenvalue weighted by molar-refractivity contribution is 0.172. The lowest BCUT2D eigenvalue weighted by atomic mass is 10.2. The molecule has 0 saturated carbocycles. The normalized spacial score (nSPS) is 18.5. The van der Waals surface area contributed by atoms with Gasteiger partial charge in [0.25, 0.3) is 0 Å². The third kappa shape index (κ3) is 3.87. The summed E-state index contributed by atoms with van der Waals surface area (Å²) in [7, 11) is -3.58. The van der Waals surface area contributed by atoms with Crippen LogP contribution in [0.3, 0.4) is 0 Å². The van der Waals surface area contributed by atoms with Gasteiger partial charge in [0.05, 0.1) is 0 Å². The van der Waals surface area contributed by atoms with Gasteiger partial charge in [0.2, 0.25) is 10.0 Å². The van der Waals surface area contributed by atoms with E-state index in [2.05, 4.69) is 34.7 Å². The molecule has 0 unspecified atom stereocenters. The van der Waals surface area contributed by atoms with Gasteiger partial charge in [0, 0.05) is 38.8 Å². The van der Waals surface area contributed by atoms with Crippen molar-refractivity contribution in [3.05, 3.63) is 16.5 Å². The molecule has 0 bridgehead atoms. The highest BCUT2D eigenvalue weighted by atomic mass is 79.9. The molecule has 1 aromatic heterocycles. The highest BCUT2D eigenvalue weighted by Crippen LogP contribution is 2.29. The van der Waals surface area contributed by atoms with Crippen molar-refractivity contribution in [2.75, 3.05) is 32.7 Å². The van der Waals surface area contributed by atoms with E-state index in [-0.39, 0.29) is 21.9 Å². The number of hydrogen-bond donors (Lipinski definition) is 1. The van der Waals surface area contributed by atoms with E-state index in [0.717, 1.165) is 19.6 Å². The first kappa shape index (κ1) is 17.0. The number of rotatable bonds is 5. The molecule has 1 fully saturated rings. The Morgan fingerprint density at radius 3 is 2.43 bits per heavy atom. The lowest BCUT2D eigenvalue weighted by Gasteiger charge is -2.34. The number of hydrogen-bond acceptors (Lipinski definition) is 5.